The predicted octanol–water partition coefficient (Wildman–Crippen LogP) is 7.32. The summed E-state index contributed by atoms with van der Waals surface area (Å²) in [5.74, 6) is -1.73. The summed E-state index contributed by atoms with van der Waals surface area (Å²) in [6.07, 6.45) is -0.708. The van der Waals surface area contributed by atoms with Crippen LogP contribution in [-0.2, 0) is 21.4 Å². The molecule has 1 atom stereocenters. The Bertz CT molecular complexity index is 1530. The first-order valence-corrected chi connectivity index (χ1v) is 13.3. The first-order valence-electron chi connectivity index (χ1n) is 11.5. The van der Waals surface area contributed by atoms with E-state index >= 15 is 0 Å². The number of sulfonamides is 1. The molecule has 0 aliphatic carbocycles. The van der Waals surface area contributed by atoms with E-state index < -0.39 is 39.5 Å². The number of hydrogen-bond donors (Lipinski definition) is 1. The van der Waals surface area contributed by atoms with Crippen LogP contribution in [0.15, 0.2) is 102 Å². The molecule has 6 nitrogen and oxygen atoms in total. The van der Waals surface area contributed by atoms with E-state index in [0.29, 0.717) is 21.8 Å². The zero-order valence-electron chi connectivity index (χ0n) is 20.1. The summed E-state index contributed by atoms with van der Waals surface area (Å²) in [5.41, 5.74) is 0.989. The normalized spacial score (nSPS) is 12.0. The summed E-state index contributed by atoms with van der Waals surface area (Å²) in [5, 5.41) is 2.92. The number of carbonyl (C=O) groups is 1. The van der Waals surface area contributed by atoms with Crippen LogP contribution < -0.4 is 9.62 Å². The third-order valence-electron chi connectivity index (χ3n) is 5.75. The summed E-state index contributed by atoms with van der Waals surface area (Å²) >= 11 is 5.93. The van der Waals surface area contributed by atoms with Gasteiger partial charge in [0.2, 0.25) is 0 Å². The molecule has 4 aromatic rings. The van der Waals surface area contributed by atoms with Crippen LogP contribution in [-0.4, -0.2) is 14.5 Å². The number of ether oxygens (including phenoxy) is 1. The van der Waals surface area contributed by atoms with Crippen molar-refractivity contribution in [2.45, 2.75) is 24.5 Å². The Morgan fingerprint density at radius 2 is 1.61 bits per heavy atom. The van der Waals surface area contributed by atoms with E-state index in [2.05, 4.69) is 5.32 Å². The van der Waals surface area contributed by atoms with Gasteiger partial charge in [-0.1, -0.05) is 54.1 Å². The number of hydrogen-bond acceptors (Lipinski definition) is 4. The number of anilines is 2. The van der Waals surface area contributed by atoms with E-state index in [1.807, 2.05) is 0 Å². The second-order valence-corrected chi connectivity index (χ2v) is 10.5. The fraction of sp³-hybridized carbons (Fsp3) is 0.107. The van der Waals surface area contributed by atoms with Crippen LogP contribution >= 0.6 is 11.6 Å². The molecule has 38 heavy (non-hydrogen) atoms. The van der Waals surface area contributed by atoms with Crippen LogP contribution in [0.25, 0.3) is 0 Å². The van der Waals surface area contributed by atoms with Crippen molar-refractivity contribution >= 4 is 39.1 Å². The van der Waals surface area contributed by atoms with E-state index in [-0.39, 0.29) is 11.5 Å². The average Bonchev–Trinajstić information content (AvgIpc) is 2.90. The van der Waals surface area contributed by atoms with E-state index in [0.717, 1.165) is 22.5 Å². The fourth-order valence-electron chi connectivity index (χ4n) is 3.94. The van der Waals surface area contributed by atoms with Gasteiger partial charge in [-0.15, -0.1) is 0 Å². The minimum atomic E-state index is -4.40. The Labute approximate surface area is 224 Å². The maximum absolute atomic E-state index is 15.0. The van der Waals surface area contributed by atoms with Gasteiger partial charge in [-0.05, 0) is 66.6 Å². The molecule has 1 amide bonds. The van der Waals surface area contributed by atoms with E-state index in [1.165, 1.54) is 24.3 Å². The Kier molecular flexibility index (Phi) is 8.29. The lowest BCUT2D eigenvalue weighted by Gasteiger charge is -2.32. The van der Waals surface area contributed by atoms with E-state index in [1.54, 1.807) is 61.5 Å². The van der Waals surface area contributed by atoms with Crippen molar-refractivity contribution in [3.05, 3.63) is 125 Å². The fourth-order valence-corrected chi connectivity index (χ4v) is 5.70. The highest BCUT2D eigenvalue weighted by molar-refractivity contribution is 7.92. The second kappa shape index (κ2) is 11.6. The Morgan fingerprint density at radius 3 is 2.32 bits per heavy atom. The summed E-state index contributed by atoms with van der Waals surface area (Å²) < 4.78 is 63.0. The van der Waals surface area contributed by atoms with Crippen LogP contribution in [0.3, 0.4) is 0 Å². The lowest BCUT2D eigenvalue weighted by molar-refractivity contribution is 0.154. The van der Waals surface area contributed by atoms with Gasteiger partial charge in [0.15, 0.2) is 0 Å². The van der Waals surface area contributed by atoms with Crippen LogP contribution in [0.2, 0.25) is 5.02 Å². The highest BCUT2D eigenvalue weighted by atomic mass is 35.5. The number of halogens is 3. The molecule has 0 aromatic heterocycles. The maximum atomic E-state index is 15.0. The molecule has 0 aliphatic heterocycles. The number of rotatable bonds is 8. The second-order valence-electron chi connectivity index (χ2n) is 8.29. The smallest absolute Gasteiger partial charge is 0.411 e. The van der Waals surface area contributed by atoms with Crippen molar-refractivity contribution in [2.24, 2.45) is 0 Å². The standard InChI is InChI=1S/C28H23ClF2N2O4S/c1-19(25-10-6-5-7-20(25)18-37-28(34)32-23-8-3-2-4-9-23)33(27-17-22(30)13-16-26(27)31)38(35,36)24-14-11-21(29)12-15-24/h2-17,19H,18H2,1H3,(H,32,34)/t19-/m1/s1. The Hall–Kier alpha value is -3.95. The number of para-hydroxylation sites is 1. The highest BCUT2D eigenvalue weighted by Gasteiger charge is 2.33. The van der Waals surface area contributed by atoms with Crippen molar-refractivity contribution in [3.63, 3.8) is 0 Å². The number of nitrogens with one attached hydrogen (secondary N) is 1. The van der Waals surface area contributed by atoms with E-state index in [9.17, 15) is 22.0 Å². The van der Waals surface area contributed by atoms with Crippen LogP contribution in [0.5, 0.6) is 0 Å². The van der Waals surface area contributed by atoms with Gasteiger partial charge >= 0.3 is 6.09 Å². The molecule has 0 heterocycles. The number of amides is 1. The average molecular weight is 557 g/mol. The van der Waals surface area contributed by atoms with Crippen molar-refractivity contribution < 1.29 is 26.7 Å². The van der Waals surface area contributed by atoms with Crippen LogP contribution in [0.1, 0.15) is 24.1 Å². The van der Waals surface area contributed by atoms with E-state index in [4.69, 9.17) is 16.3 Å². The molecule has 0 unspecified atom stereocenters. The molecule has 0 fully saturated rings. The molecule has 0 spiro atoms. The quantitative estimate of drug-likeness (QED) is 0.247. The number of nitrogens with zero attached hydrogens (tertiary/aromatic N) is 1. The van der Waals surface area contributed by atoms with Gasteiger partial charge in [-0.25, -0.2) is 22.0 Å². The number of carbonyl (C=O) groups excluding carboxylic acids is 1. The van der Waals surface area contributed by atoms with Crippen LogP contribution in [0.4, 0.5) is 25.0 Å². The van der Waals surface area contributed by atoms with Gasteiger partial charge in [0, 0.05) is 16.8 Å². The predicted molar refractivity (Wildman–Crippen MR) is 143 cm³/mol. The molecule has 1 N–H and O–H groups in total. The SMILES string of the molecule is C[C@H](c1ccccc1COC(=O)Nc1ccccc1)N(c1cc(F)ccc1F)S(=O)(=O)c1ccc(Cl)cc1. The summed E-state index contributed by atoms with van der Waals surface area (Å²) in [6, 6.07) is 22.3. The molecule has 0 aliphatic rings. The molecule has 10 heteroatoms. The van der Waals surface area contributed by atoms with Crippen molar-refractivity contribution in [1.82, 2.24) is 0 Å². The van der Waals surface area contributed by atoms with Gasteiger partial charge in [0.1, 0.15) is 18.2 Å². The van der Waals surface area contributed by atoms with Gasteiger partial charge in [-0.3, -0.25) is 9.62 Å². The van der Waals surface area contributed by atoms with Gasteiger partial charge < -0.3 is 4.74 Å². The van der Waals surface area contributed by atoms with Gasteiger partial charge in [-0.2, -0.15) is 0 Å². The largest absolute Gasteiger partial charge is 0.444 e. The third-order valence-corrected chi connectivity index (χ3v) is 7.90. The Morgan fingerprint density at radius 1 is 0.947 bits per heavy atom. The zero-order chi connectivity index (χ0) is 27.3. The first kappa shape index (κ1) is 27.1. The highest BCUT2D eigenvalue weighted by Crippen LogP contribution is 2.37. The van der Waals surface area contributed by atoms with Crippen molar-refractivity contribution in [3.8, 4) is 0 Å². The summed E-state index contributed by atoms with van der Waals surface area (Å²) in [7, 11) is -4.40. The van der Waals surface area contributed by atoms with Crippen LogP contribution in [0, 0.1) is 11.6 Å². The minimum Gasteiger partial charge on any atom is -0.444 e. The molecular weight excluding hydrogens is 534 g/mol. The molecular formula is C28H23ClF2N2O4S. The minimum absolute atomic E-state index is 0.159. The first-order chi connectivity index (χ1) is 18.2. The van der Waals surface area contributed by atoms with Gasteiger partial charge in [0.25, 0.3) is 10.0 Å². The summed E-state index contributed by atoms with van der Waals surface area (Å²) in [6.45, 7) is 1.35. The topological polar surface area (TPSA) is 75.7 Å². The van der Waals surface area contributed by atoms with Crippen molar-refractivity contribution in [2.75, 3.05) is 9.62 Å². The maximum Gasteiger partial charge on any atom is 0.411 e. The van der Waals surface area contributed by atoms with Crippen molar-refractivity contribution in [1.29, 1.82) is 0 Å². The lowest BCUT2D eigenvalue weighted by Crippen LogP contribution is -2.35. The number of benzene rings is 4. The molecule has 0 bridgehead atoms. The molecule has 0 saturated heterocycles. The monoisotopic (exact) mass is 556 g/mol. The Balaban J connectivity index is 1.70. The molecule has 196 valence electrons. The van der Waals surface area contributed by atoms with Gasteiger partial charge in [0.05, 0.1) is 16.6 Å². The molecule has 4 aromatic carbocycles. The molecule has 0 saturated carbocycles. The molecule has 4 rings (SSSR count). The lowest BCUT2D eigenvalue weighted by atomic mass is 10.0. The molecule has 0 radical (unpaired) electrons. The zero-order valence-corrected chi connectivity index (χ0v) is 21.7. The summed E-state index contributed by atoms with van der Waals surface area (Å²) in [4.78, 5) is 12.2. The third kappa shape index (κ3) is 6.12.